The Hall–Kier alpha value is -1.30. The van der Waals surface area contributed by atoms with Crippen LogP contribution in [-0.4, -0.2) is 57.0 Å². The smallest absolute Gasteiger partial charge is 0.128 e. The highest BCUT2D eigenvalue weighted by atomic mass is 16.5. The maximum atomic E-state index is 6.44. The summed E-state index contributed by atoms with van der Waals surface area (Å²) in [6, 6.07) is 6.67. The molecule has 120 valence electrons. The van der Waals surface area contributed by atoms with Crippen molar-refractivity contribution in [2.75, 3.05) is 46.5 Å². The van der Waals surface area contributed by atoms with Crippen molar-refractivity contribution in [1.82, 2.24) is 10.2 Å². The third-order valence-electron chi connectivity index (χ3n) is 5.16. The number of methoxy groups -OCH3 is 1. The fourth-order valence-electron chi connectivity index (χ4n) is 3.94. The molecule has 1 N–H and O–H groups in total. The summed E-state index contributed by atoms with van der Waals surface area (Å²) in [6.07, 6.45) is 2.13. The van der Waals surface area contributed by atoms with E-state index in [0.29, 0.717) is 6.04 Å². The average Bonchev–Trinajstić information content (AvgIpc) is 3.02. The van der Waals surface area contributed by atoms with E-state index in [1.807, 2.05) is 12.1 Å². The van der Waals surface area contributed by atoms with Crippen molar-refractivity contribution in [1.29, 1.82) is 0 Å². The molecule has 5 nitrogen and oxygen atoms in total. The third kappa shape index (κ3) is 2.47. The van der Waals surface area contributed by atoms with Crippen LogP contribution in [0.25, 0.3) is 0 Å². The SMILES string of the molecule is COc1ccc2c(c1)OC1(CCNC1)CC2N1CCOCC1. The molecule has 3 aliphatic heterocycles. The molecule has 2 atom stereocenters. The molecule has 0 saturated carbocycles. The molecule has 22 heavy (non-hydrogen) atoms. The molecule has 0 amide bonds. The van der Waals surface area contributed by atoms with Gasteiger partial charge >= 0.3 is 0 Å². The van der Waals surface area contributed by atoms with E-state index in [1.165, 1.54) is 5.56 Å². The van der Waals surface area contributed by atoms with Crippen LogP contribution in [0.3, 0.4) is 0 Å². The topological polar surface area (TPSA) is 43.0 Å². The molecule has 0 radical (unpaired) electrons. The van der Waals surface area contributed by atoms with Crippen molar-refractivity contribution in [2.24, 2.45) is 0 Å². The maximum absolute atomic E-state index is 6.44. The number of benzene rings is 1. The van der Waals surface area contributed by atoms with Crippen LogP contribution >= 0.6 is 0 Å². The Kier molecular flexibility index (Phi) is 3.72. The molecule has 3 heterocycles. The summed E-state index contributed by atoms with van der Waals surface area (Å²) in [4.78, 5) is 2.55. The van der Waals surface area contributed by atoms with E-state index in [2.05, 4.69) is 16.3 Å². The molecule has 0 aliphatic carbocycles. The number of nitrogens with zero attached hydrogens (tertiary/aromatic N) is 1. The van der Waals surface area contributed by atoms with Gasteiger partial charge in [-0.1, -0.05) is 6.07 Å². The number of rotatable bonds is 2. The lowest BCUT2D eigenvalue weighted by atomic mass is 9.85. The van der Waals surface area contributed by atoms with Gasteiger partial charge in [-0.2, -0.15) is 0 Å². The van der Waals surface area contributed by atoms with Gasteiger partial charge in [-0.15, -0.1) is 0 Å². The highest BCUT2D eigenvalue weighted by molar-refractivity contribution is 5.45. The Morgan fingerprint density at radius 2 is 2.18 bits per heavy atom. The minimum atomic E-state index is -0.0671. The number of hydrogen-bond donors (Lipinski definition) is 1. The van der Waals surface area contributed by atoms with Crippen LogP contribution in [0, 0.1) is 0 Å². The highest BCUT2D eigenvalue weighted by Crippen LogP contribution is 2.46. The Balaban J connectivity index is 1.70. The van der Waals surface area contributed by atoms with E-state index in [-0.39, 0.29) is 5.60 Å². The molecule has 2 fully saturated rings. The lowest BCUT2D eigenvalue weighted by Crippen LogP contribution is -2.49. The van der Waals surface area contributed by atoms with Gasteiger partial charge in [-0.25, -0.2) is 0 Å². The van der Waals surface area contributed by atoms with Gasteiger partial charge in [0.2, 0.25) is 0 Å². The molecule has 2 saturated heterocycles. The molecular weight excluding hydrogens is 280 g/mol. The van der Waals surface area contributed by atoms with Gasteiger partial charge < -0.3 is 19.5 Å². The molecule has 4 rings (SSSR count). The van der Waals surface area contributed by atoms with Gasteiger partial charge in [0.15, 0.2) is 0 Å². The first-order valence-corrected chi connectivity index (χ1v) is 8.19. The summed E-state index contributed by atoms with van der Waals surface area (Å²) >= 11 is 0. The summed E-state index contributed by atoms with van der Waals surface area (Å²) in [6.45, 7) is 5.63. The normalized spacial score (nSPS) is 31.8. The summed E-state index contributed by atoms with van der Waals surface area (Å²) in [5, 5.41) is 3.47. The minimum Gasteiger partial charge on any atom is -0.497 e. The monoisotopic (exact) mass is 304 g/mol. The predicted molar refractivity (Wildman–Crippen MR) is 83.6 cm³/mol. The fourth-order valence-corrected chi connectivity index (χ4v) is 3.94. The Bertz CT molecular complexity index is 537. The molecule has 3 aliphatic rings. The van der Waals surface area contributed by atoms with Crippen LogP contribution < -0.4 is 14.8 Å². The Labute approximate surface area is 131 Å². The van der Waals surface area contributed by atoms with E-state index in [4.69, 9.17) is 14.2 Å². The number of ether oxygens (including phenoxy) is 3. The quantitative estimate of drug-likeness (QED) is 0.899. The van der Waals surface area contributed by atoms with Gasteiger partial charge in [0, 0.05) is 50.1 Å². The van der Waals surface area contributed by atoms with E-state index in [0.717, 1.165) is 63.7 Å². The largest absolute Gasteiger partial charge is 0.497 e. The first kappa shape index (κ1) is 14.3. The van der Waals surface area contributed by atoms with Crippen LogP contribution in [0.15, 0.2) is 18.2 Å². The van der Waals surface area contributed by atoms with Crippen molar-refractivity contribution in [3.63, 3.8) is 0 Å². The Morgan fingerprint density at radius 3 is 2.91 bits per heavy atom. The van der Waals surface area contributed by atoms with Gasteiger partial charge in [0.1, 0.15) is 17.1 Å². The summed E-state index contributed by atoms with van der Waals surface area (Å²) in [7, 11) is 1.71. The van der Waals surface area contributed by atoms with Crippen molar-refractivity contribution < 1.29 is 14.2 Å². The second kappa shape index (κ2) is 5.72. The van der Waals surface area contributed by atoms with Crippen LogP contribution in [0.4, 0.5) is 0 Å². The molecule has 5 heteroatoms. The molecule has 1 aromatic rings. The number of morpholine rings is 1. The second-order valence-corrected chi connectivity index (χ2v) is 6.48. The van der Waals surface area contributed by atoms with E-state index < -0.39 is 0 Å². The average molecular weight is 304 g/mol. The van der Waals surface area contributed by atoms with Crippen LogP contribution in [0.2, 0.25) is 0 Å². The lowest BCUT2D eigenvalue weighted by molar-refractivity contribution is -0.0258. The minimum absolute atomic E-state index is 0.0671. The summed E-state index contributed by atoms with van der Waals surface area (Å²) in [5.74, 6) is 1.85. The van der Waals surface area contributed by atoms with Crippen molar-refractivity contribution in [2.45, 2.75) is 24.5 Å². The first-order chi connectivity index (χ1) is 10.8. The third-order valence-corrected chi connectivity index (χ3v) is 5.16. The van der Waals surface area contributed by atoms with Crippen LogP contribution in [-0.2, 0) is 4.74 Å². The maximum Gasteiger partial charge on any atom is 0.128 e. The molecular formula is C17H24N2O3. The molecule has 0 aromatic heterocycles. The zero-order valence-corrected chi connectivity index (χ0v) is 13.1. The van der Waals surface area contributed by atoms with Gasteiger partial charge in [0.05, 0.1) is 20.3 Å². The number of fused-ring (bicyclic) bond motifs is 1. The van der Waals surface area contributed by atoms with E-state index >= 15 is 0 Å². The van der Waals surface area contributed by atoms with Crippen LogP contribution in [0.5, 0.6) is 11.5 Å². The van der Waals surface area contributed by atoms with Gasteiger partial charge in [0.25, 0.3) is 0 Å². The summed E-state index contributed by atoms with van der Waals surface area (Å²) < 4.78 is 17.4. The Morgan fingerprint density at radius 1 is 1.32 bits per heavy atom. The van der Waals surface area contributed by atoms with Crippen LogP contribution in [0.1, 0.15) is 24.4 Å². The summed E-state index contributed by atoms with van der Waals surface area (Å²) in [5.41, 5.74) is 1.22. The zero-order chi connectivity index (χ0) is 15.0. The predicted octanol–water partition coefficient (Wildman–Crippen LogP) is 1.58. The second-order valence-electron chi connectivity index (χ2n) is 6.48. The van der Waals surface area contributed by atoms with Crippen molar-refractivity contribution in [3.8, 4) is 11.5 Å². The van der Waals surface area contributed by atoms with E-state index in [9.17, 15) is 0 Å². The first-order valence-electron chi connectivity index (χ1n) is 8.19. The highest BCUT2D eigenvalue weighted by Gasteiger charge is 2.45. The molecule has 0 bridgehead atoms. The van der Waals surface area contributed by atoms with Crippen molar-refractivity contribution in [3.05, 3.63) is 23.8 Å². The molecule has 1 aromatic carbocycles. The fraction of sp³-hybridized carbons (Fsp3) is 0.647. The number of hydrogen-bond acceptors (Lipinski definition) is 5. The zero-order valence-electron chi connectivity index (χ0n) is 13.1. The van der Waals surface area contributed by atoms with Crippen molar-refractivity contribution >= 4 is 0 Å². The standard InChI is InChI=1S/C17H24N2O3/c1-20-13-2-3-14-15(19-6-8-21-9-7-19)11-17(4-5-18-12-17)22-16(14)10-13/h2-3,10,15,18H,4-9,11-12H2,1H3. The van der Waals surface area contributed by atoms with E-state index in [1.54, 1.807) is 7.11 Å². The molecule has 1 spiro atoms. The number of nitrogens with one attached hydrogen (secondary N) is 1. The molecule has 2 unspecified atom stereocenters. The lowest BCUT2D eigenvalue weighted by Gasteiger charge is -2.44. The van der Waals surface area contributed by atoms with Gasteiger partial charge in [-0.3, -0.25) is 4.90 Å². The van der Waals surface area contributed by atoms with Gasteiger partial charge in [-0.05, 0) is 12.6 Å².